The van der Waals surface area contributed by atoms with Crippen LogP contribution in [0.1, 0.15) is 57.1 Å². The first-order valence-electron chi connectivity index (χ1n) is 10.0. The van der Waals surface area contributed by atoms with E-state index in [-0.39, 0.29) is 29.8 Å². The molecular formula is C21H31FN2O2. The van der Waals surface area contributed by atoms with E-state index < -0.39 is 0 Å². The van der Waals surface area contributed by atoms with Crippen LogP contribution in [0.4, 0.5) is 4.39 Å². The number of piperidine rings is 1. The summed E-state index contributed by atoms with van der Waals surface area (Å²) < 4.78 is 13.2. The van der Waals surface area contributed by atoms with Crippen molar-refractivity contribution in [1.82, 2.24) is 10.2 Å². The fourth-order valence-corrected chi connectivity index (χ4v) is 4.27. The highest BCUT2D eigenvalue weighted by atomic mass is 19.1. The molecule has 5 heteroatoms. The van der Waals surface area contributed by atoms with Crippen molar-refractivity contribution in [2.45, 2.75) is 57.6 Å². The molecule has 0 spiro atoms. The third-order valence-corrected chi connectivity index (χ3v) is 5.89. The lowest BCUT2D eigenvalue weighted by atomic mass is 9.75. The van der Waals surface area contributed by atoms with Gasteiger partial charge in [-0.05, 0) is 81.3 Å². The lowest BCUT2D eigenvalue weighted by Crippen LogP contribution is -2.42. The number of hydrogen-bond acceptors (Lipinski definition) is 3. The number of hydrogen-bond donors (Lipinski definition) is 2. The second-order valence-corrected chi connectivity index (χ2v) is 7.97. The number of benzene rings is 1. The number of amides is 1. The third kappa shape index (κ3) is 5.04. The van der Waals surface area contributed by atoms with Crippen LogP contribution >= 0.6 is 0 Å². The average Bonchev–Trinajstić information content (AvgIpc) is 2.60. The first kappa shape index (κ1) is 19.3. The van der Waals surface area contributed by atoms with Crippen LogP contribution in [-0.2, 0) is 4.79 Å². The van der Waals surface area contributed by atoms with Gasteiger partial charge in [0.15, 0.2) is 0 Å². The zero-order valence-corrected chi connectivity index (χ0v) is 15.7. The number of aliphatic hydroxyl groups excluding tert-OH is 1. The molecule has 1 aliphatic heterocycles. The number of nitrogens with one attached hydrogen (secondary N) is 1. The summed E-state index contributed by atoms with van der Waals surface area (Å²) >= 11 is 0. The van der Waals surface area contributed by atoms with Gasteiger partial charge in [-0.3, -0.25) is 4.79 Å². The average molecular weight is 362 g/mol. The smallest absolute Gasteiger partial charge is 0.220 e. The fraction of sp³-hybridized carbons (Fsp3) is 0.667. The lowest BCUT2D eigenvalue weighted by molar-refractivity contribution is -0.124. The van der Waals surface area contributed by atoms with Crippen molar-refractivity contribution in [2.24, 2.45) is 11.8 Å². The van der Waals surface area contributed by atoms with Crippen LogP contribution in [0, 0.1) is 17.7 Å². The predicted octanol–water partition coefficient (Wildman–Crippen LogP) is 3.27. The van der Waals surface area contributed by atoms with Crippen molar-refractivity contribution in [2.75, 3.05) is 19.6 Å². The molecule has 2 N–H and O–H groups in total. The highest BCUT2D eigenvalue weighted by Crippen LogP contribution is 2.38. The quantitative estimate of drug-likeness (QED) is 0.783. The molecule has 3 rings (SSSR count). The Kier molecular flexibility index (Phi) is 6.65. The van der Waals surface area contributed by atoms with Gasteiger partial charge in [-0.2, -0.15) is 0 Å². The Hall–Kier alpha value is -1.46. The van der Waals surface area contributed by atoms with Crippen LogP contribution in [0.25, 0.3) is 0 Å². The van der Waals surface area contributed by atoms with Crippen LogP contribution in [0.2, 0.25) is 0 Å². The van der Waals surface area contributed by atoms with Gasteiger partial charge in [0.25, 0.3) is 0 Å². The molecule has 1 saturated heterocycles. The molecule has 144 valence electrons. The largest absolute Gasteiger partial charge is 0.393 e. The summed E-state index contributed by atoms with van der Waals surface area (Å²) in [6.07, 6.45) is 5.01. The summed E-state index contributed by atoms with van der Waals surface area (Å²) in [7, 11) is 0. The number of carbonyl (C=O) groups is 1. The Labute approximate surface area is 155 Å². The summed E-state index contributed by atoms with van der Waals surface area (Å²) in [4.78, 5) is 15.1. The van der Waals surface area contributed by atoms with E-state index in [1.807, 2.05) is 0 Å². The Morgan fingerprint density at radius 3 is 2.50 bits per heavy atom. The van der Waals surface area contributed by atoms with Crippen molar-refractivity contribution >= 4 is 5.91 Å². The number of nitrogens with zero attached hydrogens (tertiary/aromatic N) is 1. The molecule has 2 aliphatic rings. The number of halogens is 1. The van der Waals surface area contributed by atoms with Gasteiger partial charge in [-0.15, -0.1) is 0 Å². The normalized spacial score (nSPS) is 25.5. The minimum Gasteiger partial charge on any atom is -0.393 e. The molecule has 0 bridgehead atoms. The Bertz CT molecular complexity index is 578. The molecule has 2 fully saturated rings. The van der Waals surface area contributed by atoms with Gasteiger partial charge in [0.1, 0.15) is 5.82 Å². The molecule has 4 nitrogen and oxygen atoms in total. The second-order valence-electron chi connectivity index (χ2n) is 7.97. The molecule has 1 heterocycles. The minimum absolute atomic E-state index is 0.0784. The van der Waals surface area contributed by atoms with E-state index in [2.05, 4.69) is 17.1 Å². The summed E-state index contributed by atoms with van der Waals surface area (Å²) in [6.45, 7) is 5.52. The molecule has 1 aromatic carbocycles. The fourth-order valence-electron chi connectivity index (χ4n) is 4.27. The van der Waals surface area contributed by atoms with Crippen molar-refractivity contribution in [3.05, 3.63) is 35.6 Å². The van der Waals surface area contributed by atoms with Gasteiger partial charge < -0.3 is 15.3 Å². The molecule has 0 unspecified atom stereocenters. The maximum Gasteiger partial charge on any atom is 0.220 e. The van der Waals surface area contributed by atoms with Crippen molar-refractivity contribution < 1.29 is 14.3 Å². The number of rotatable bonds is 7. The molecule has 1 amide bonds. The maximum atomic E-state index is 13.2. The Morgan fingerprint density at radius 2 is 1.92 bits per heavy atom. The van der Waals surface area contributed by atoms with E-state index in [1.54, 1.807) is 12.1 Å². The van der Waals surface area contributed by atoms with E-state index in [0.29, 0.717) is 25.2 Å². The van der Waals surface area contributed by atoms with Gasteiger partial charge >= 0.3 is 0 Å². The first-order valence-corrected chi connectivity index (χ1v) is 10.0. The zero-order valence-electron chi connectivity index (χ0n) is 15.7. The van der Waals surface area contributed by atoms with Crippen LogP contribution in [-0.4, -0.2) is 41.7 Å². The molecule has 1 aliphatic carbocycles. The first-order chi connectivity index (χ1) is 12.5. The molecular weight excluding hydrogens is 331 g/mol. The van der Waals surface area contributed by atoms with E-state index >= 15 is 0 Å². The maximum absolute atomic E-state index is 13.2. The van der Waals surface area contributed by atoms with E-state index in [9.17, 15) is 14.3 Å². The molecule has 1 saturated carbocycles. The van der Waals surface area contributed by atoms with E-state index in [0.717, 1.165) is 38.0 Å². The summed E-state index contributed by atoms with van der Waals surface area (Å²) in [5, 5.41) is 12.8. The standard InChI is InChI=1S/C21H31FN2O2/c1-2-9-24-10-7-15(8-11-24)12-20(26)23-21(17-13-19(25)14-17)16-3-5-18(22)6-4-16/h3-6,15,17,19,21,25H,2,7-14H2,1H3,(H,23,26)/t17?,19?,21-/m1/s1. The Morgan fingerprint density at radius 1 is 1.27 bits per heavy atom. The van der Waals surface area contributed by atoms with Gasteiger partial charge in [0.2, 0.25) is 5.91 Å². The monoisotopic (exact) mass is 362 g/mol. The minimum atomic E-state index is -0.275. The van der Waals surface area contributed by atoms with Crippen molar-refractivity contribution in [3.8, 4) is 0 Å². The van der Waals surface area contributed by atoms with Crippen LogP contribution < -0.4 is 5.32 Å². The summed E-state index contributed by atoms with van der Waals surface area (Å²) in [5.74, 6) is 0.482. The van der Waals surface area contributed by atoms with Gasteiger partial charge in [-0.1, -0.05) is 19.1 Å². The van der Waals surface area contributed by atoms with E-state index in [4.69, 9.17) is 0 Å². The molecule has 26 heavy (non-hydrogen) atoms. The summed E-state index contributed by atoms with van der Waals surface area (Å²) in [6, 6.07) is 6.23. The van der Waals surface area contributed by atoms with Crippen LogP contribution in [0.3, 0.4) is 0 Å². The zero-order chi connectivity index (χ0) is 18.5. The number of aliphatic hydroxyl groups is 1. The highest BCUT2D eigenvalue weighted by molar-refractivity contribution is 5.76. The van der Waals surface area contributed by atoms with Crippen LogP contribution in [0.15, 0.2) is 24.3 Å². The van der Waals surface area contributed by atoms with Gasteiger partial charge in [-0.25, -0.2) is 4.39 Å². The van der Waals surface area contributed by atoms with Crippen LogP contribution in [0.5, 0.6) is 0 Å². The third-order valence-electron chi connectivity index (χ3n) is 5.89. The lowest BCUT2D eigenvalue weighted by Gasteiger charge is -2.38. The predicted molar refractivity (Wildman–Crippen MR) is 100 cm³/mol. The molecule has 0 aromatic heterocycles. The number of carbonyl (C=O) groups excluding carboxylic acids is 1. The van der Waals surface area contributed by atoms with Crippen molar-refractivity contribution in [3.63, 3.8) is 0 Å². The second kappa shape index (κ2) is 8.96. The Balaban J connectivity index is 1.55. The SMILES string of the molecule is CCCN1CCC(CC(=O)N[C@H](c2ccc(F)cc2)C2CC(O)C2)CC1. The van der Waals surface area contributed by atoms with Gasteiger partial charge in [0.05, 0.1) is 12.1 Å². The highest BCUT2D eigenvalue weighted by Gasteiger charge is 2.36. The molecule has 0 radical (unpaired) electrons. The van der Waals surface area contributed by atoms with E-state index in [1.165, 1.54) is 18.6 Å². The topological polar surface area (TPSA) is 52.6 Å². The number of likely N-dealkylation sites (tertiary alicyclic amines) is 1. The van der Waals surface area contributed by atoms with Gasteiger partial charge in [0, 0.05) is 6.42 Å². The summed E-state index contributed by atoms with van der Waals surface area (Å²) in [5.41, 5.74) is 0.925. The van der Waals surface area contributed by atoms with Crippen molar-refractivity contribution in [1.29, 1.82) is 0 Å². The molecule has 1 aromatic rings. The molecule has 1 atom stereocenters.